The summed E-state index contributed by atoms with van der Waals surface area (Å²) in [5.74, 6) is -0.189. The Morgan fingerprint density at radius 3 is 0.906 bits per heavy atom. The van der Waals surface area contributed by atoms with E-state index in [-0.39, 0.29) is 5.75 Å². The number of quaternary nitrogens is 1. The van der Waals surface area contributed by atoms with Crippen LogP contribution in [0.15, 0.2) is 0 Å². The molecule has 0 amide bonds. The summed E-state index contributed by atoms with van der Waals surface area (Å²) in [5.41, 5.74) is 0. The Labute approximate surface area is 203 Å². The molecule has 0 aromatic carbocycles. The molecule has 0 saturated heterocycles. The van der Waals surface area contributed by atoms with Crippen molar-refractivity contribution in [3.63, 3.8) is 0 Å². The minimum Gasteiger partial charge on any atom is -0.748 e. The van der Waals surface area contributed by atoms with Gasteiger partial charge in [-0.1, -0.05) is 110 Å². The second-order valence-corrected chi connectivity index (χ2v) is 11.0. The molecule has 32 heavy (non-hydrogen) atoms. The normalized spacial score (nSPS) is 11.9. The van der Waals surface area contributed by atoms with Gasteiger partial charge in [0.05, 0.1) is 36.3 Å². The Balaban J connectivity index is 0. The smallest absolute Gasteiger partial charge is 0.0945 e. The van der Waals surface area contributed by atoms with Crippen molar-refractivity contribution in [2.75, 3.05) is 31.9 Å². The van der Waals surface area contributed by atoms with Crippen molar-refractivity contribution in [3.05, 3.63) is 0 Å². The first kappa shape index (κ1) is 34.0. The summed E-state index contributed by atoms with van der Waals surface area (Å²) < 4.78 is 32.6. The summed E-state index contributed by atoms with van der Waals surface area (Å²) in [4.78, 5) is 0. The van der Waals surface area contributed by atoms with Crippen LogP contribution in [0, 0.1) is 0 Å². The molecule has 0 fully saturated rings. The zero-order chi connectivity index (χ0) is 24.6. The molecule has 0 aliphatic carbocycles. The van der Waals surface area contributed by atoms with Gasteiger partial charge in [-0.15, -0.1) is 0 Å². The third-order valence-corrected chi connectivity index (χ3v) is 7.97. The van der Waals surface area contributed by atoms with E-state index >= 15 is 0 Å². The van der Waals surface area contributed by atoms with E-state index in [9.17, 15) is 13.0 Å². The quantitative estimate of drug-likeness (QED) is 0.0899. The fourth-order valence-corrected chi connectivity index (χ4v) is 4.90. The highest BCUT2D eigenvalue weighted by atomic mass is 32.2. The lowest BCUT2D eigenvalue weighted by Crippen LogP contribution is -2.47. The summed E-state index contributed by atoms with van der Waals surface area (Å²) in [6.07, 6.45) is 21.5. The number of nitrogens with zero attached hydrogens (tertiary/aromatic N) is 1. The van der Waals surface area contributed by atoms with Gasteiger partial charge >= 0.3 is 0 Å². The molecule has 0 bridgehead atoms. The van der Waals surface area contributed by atoms with E-state index in [1.54, 1.807) is 0 Å². The minimum absolute atomic E-state index is 0.189. The van der Waals surface area contributed by atoms with Crippen LogP contribution in [-0.4, -0.2) is 49.4 Å². The summed E-state index contributed by atoms with van der Waals surface area (Å²) in [6.45, 7) is 16.5. The Morgan fingerprint density at radius 1 is 0.469 bits per heavy atom. The maximum absolute atomic E-state index is 10.4. The second kappa shape index (κ2) is 24.0. The van der Waals surface area contributed by atoms with Gasteiger partial charge in [-0.2, -0.15) is 0 Å². The molecule has 5 heteroatoms. The molecule has 0 aliphatic heterocycles. The first-order chi connectivity index (χ1) is 15.3. The number of rotatable bonds is 22. The van der Waals surface area contributed by atoms with Gasteiger partial charge in [-0.3, -0.25) is 0 Å². The fourth-order valence-electron chi connectivity index (χ4n) is 4.35. The molecule has 0 aromatic rings. The molecule has 0 heterocycles. The summed E-state index contributed by atoms with van der Waals surface area (Å²) in [5, 5.41) is 0. The lowest BCUT2D eigenvalue weighted by Gasteiger charge is -2.34. The molecule has 0 spiro atoms. The average molecular weight is 478 g/mol. The third kappa shape index (κ3) is 24.5. The maximum atomic E-state index is 10.4. The van der Waals surface area contributed by atoms with Crippen molar-refractivity contribution in [1.29, 1.82) is 0 Å². The van der Waals surface area contributed by atoms with Gasteiger partial charge in [-0.05, 0) is 34.1 Å². The molecule has 0 radical (unpaired) electrons. The Kier molecular flexibility index (Phi) is 25.5. The van der Waals surface area contributed by atoms with Crippen LogP contribution >= 0.6 is 0 Å². The van der Waals surface area contributed by atoms with Gasteiger partial charge in [-0.25, -0.2) is 8.42 Å². The first-order valence-electron chi connectivity index (χ1n) is 14.1. The van der Waals surface area contributed by atoms with Gasteiger partial charge in [0.1, 0.15) is 0 Å². The van der Waals surface area contributed by atoms with Crippen molar-refractivity contribution in [2.45, 2.75) is 144 Å². The molecular formula is C27H59NO3S. The van der Waals surface area contributed by atoms with Gasteiger partial charge < -0.3 is 9.04 Å². The summed E-state index contributed by atoms with van der Waals surface area (Å²) >= 11 is 0. The van der Waals surface area contributed by atoms with Crippen LogP contribution in [0.2, 0.25) is 0 Å². The van der Waals surface area contributed by atoms with Crippen LogP contribution in [0.1, 0.15) is 144 Å². The van der Waals surface area contributed by atoms with E-state index < -0.39 is 10.1 Å². The standard InChI is InChI=1S/C19H40O3S.C8H20N/c1-2-3-4-5-6-7-8-9-10-11-12-13-14-15-16-17-18-19-23(20,21)22;1-5-9(6-2,7-3)8-4/h2-19H2,1H3,(H,20,21,22);5-8H2,1-4H3/q;+1/p-1. The van der Waals surface area contributed by atoms with E-state index in [0.717, 1.165) is 12.8 Å². The van der Waals surface area contributed by atoms with Crippen LogP contribution < -0.4 is 0 Å². The number of unbranched alkanes of at least 4 members (excludes halogenated alkanes) is 16. The number of hydrogen-bond donors (Lipinski definition) is 0. The topological polar surface area (TPSA) is 57.2 Å². The van der Waals surface area contributed by atoms with Gasteiger partial charge in [0, 0.05) is 5.75 Å². The highest BCUT2D eigenvalue weighted by Crippen LogP contribution is 2.14. The largest absolute Gasteiger partial charge is 0.748 e. The Morgan fingerprint density at radius 2 is 0.719 bits per heavy atom. The van der Waals surface area contributed by atoms with E-state index in [1.807, 2.05) is 0 Å². The van der Waals surface area contributed by atoms with E-state index in [1.165, 1.54) is 121 Å². The maximum Gasteiger partial charge on any atom is 0.0945 e. The molecule has 0 rings (SSSR count). The lowest BCUT2D eigenvalue weighted by atomic mass is 10.0. The fraction of sp³-hybridized carbons (Fsp3) is 1.00. The van der Waals surface area contributed by atoms with E-state index in [2.05, 4.69) is 34.6 Å². The lowest BCUT2D eigenvalue weighted by molar-refractivity contribution is -0.921. The minimum atomic E-state index is -3.99. The van der Waals surface area contributed by atoms with Crippen molar-refractivity contribution >= 4 is 10.1 Å². The van der Waals surface area contributed by atoms with Gasteiger partial charge in [0.25, 0.3) is 0 Å². The molecule has 0 saturated carbocycles. The molecule has 4 nitrogen and oxygen atoms in total. The third-order valence-electron chi connectivity index (χ3n) is 7.18. The SMILES string of the molecule is CCCCCCCCCCCCCCCCCCCS(=O)(=O)[O-].CC[N+](CC)(CC)CC. The van der Waals surface area contributed by atoms with Crippen LogP contribution in [-0.2, 0) is 10.1 Å². The van der Waals surface area contributed by atoms with Gasteiger partial charge in [0.2, 0.25) is 0 Å². The Hall–Kier alpha value is -0.130. The molecule has 0 aliphatic rings. The van der Waals surface area contributed by atoms with Crippen molar-refractivity contribution in [3.8, 4) is 0 Å². The number of hydrogen-bond acceptors (Lipinski definition) is 3. The molecule has 196 valence electrons. The highest BCUT2D eigenvalue weighted by Gasteiger charge is 2.16. The van der Waals surface area contributed by atoms with Crippen molar-refractivity contribution in [2.24, 2.45) is 0 Å². The summed E-state index contributed by atoms with van der Waals surface area (Å²) in [6, 6.07) is 0. The Bertz CT molecular complexity index is 444. The molecule has 0 unspecified atom stereocenters. The molecule has 0 atom stereocenters. The van der Waals surface area contributed by atoms with Crippen molar-refractivity contribution < 1.29 is 17.5 Å². The van der Waals surface area contributed by atoms with Crippen LogP contribution in [0.5, 0.6) is 0 Å². The monoisotopic (exact) mass is 477 g/mol. The molecular weight excluding hydrogens is 418 g/mol. The van der Waals surface area contributed by atoms with Crippen LogP contribution in [0.4, 0.5) is 0 Å². The van der Waals surface area contributed by atoms with Crippen molar-refractivity contribution in [1.82, 2.24) is 0 Å². The van der Waals surface area contributed by atoms with Gasteiger partial charge in [0.15, 0.2) is 0 Å². The zero-order valence-electron chi connectivity index (χ0n) is 22.6. The first-order valence-corrected chi connectivity index (χ1v) is 15.7. The molecule has 0 N–H and O–H groups in total. The van der Waals surface area contributed by atoms with Crippen LogP contribution in [0.25, 0.3) is 0 Å². The zero-order valence-corrected chi connectivity index (χ0v) is 23.5. The molecule has 0 aromatic heterocycles. The predicted octanol–water partition coefficient (Wildman–Crippen LogP) is 8.07. The predicted molar refractivity (Wildman–Crippen MR) is 141 cm³/mol. The summed E-state index contributed by atoms with van der Waals surface area (Å²) in [7, 11) is -3.99. The average Bonchev–Trinajstić information content (AvgIpc) is 2.77. The van der Waals surface area contributed by atoms with Crippen LogP contribution in [0.3, 0.4) is 0 Å². The van der Waals surface area contributed by atoms with E-state index in [4.69, 9.17) is 0 Å². The highest BCUT2D eigenvalue weighted by molar-refractivity contribution is 7.85. The second-order valence-electron chi connectivity index (χ2n) is 9.53. The van der Waals surface area contributed by atoms with E-state index in [0.29, 0.717) is 6.42 Å².